The molecule has 24 heavy (non-hydrogen) atoms. The fourth-order valence-corrected chi connectivity index (χ4v) is 2.93. The normalized spacial score (nSPS) is 13.6. The minimum absolute atomic E-state index is 0.0740. The fraction of sp³-hybridized carbons (Fsp3) is 0.312. The van der Waals surface area contributed by atoms with Crippen LogP contribution in [0.1, 0.15) is 35.4 Å². The Morgan fingerprint density at radius 2 is 2.00 bits per heavy atom. The van der Waals surface area contributed by atoms with Crippen LogP contribution in [0.3, 0.4) is 0 Å². The molecule has 8 heteroatoms. The smallest absolute Gasteiger partial charge is 0.341 e. The molecular weight excluding hydrogens is 334 g/mol. The number of carboxylic acid groups (broad SMARTS) is 1. The first-order valence-corrected chi connectivity index (χ1v) is 8.18. The molecule has 0 bridgehead atoms. The van der Waals surface area contributed by atoms with Crippen molar-refractivity contribution in [2.24, 2.45) is 0 Å². The molecule has 0 amide bonds. The molecule has 4 N–H and O–H groups in total. The quantitative estimate of drug-likeness (QED) is 0.617. The van der Waals surface area contributed by atoms with Crippen LogP contribution >= 0.6 is 11.8 Å². The lowest BCUT2D eigenvalue weighted by Crippen LogP contribution is -2.20. The highest BCUT2D eigenvalue weighted by atomic mass is 32.2. The summed E-state index contributed by atoms with van der Waals surface area (Å²) in [6.07, 6.45) is -1.02. The van der Waals surface area contributed by atoms with Gasteiger partial charge in [-0.05, 0) is 24.1 Å². The van der Waals surface area contributed by atoms with Gasteiger partial charge in [0.1, 0.15) is 11.7 Å². The monoisotopic (exact) mass is 351 g/mol. The lowest BCUT2D eigenvalue weighted by molar-refractivity contribution is -0.109. The second-order valence-electron chi connectivity index (χ2n) is 5.28. The number of pyridine rings is 1. The van der Waals surface area contributed by atoms with Crippen molar-refractivity contribution in [3.05, 3.63) is 45.7 Å². The standard InChI is InChI=1S/C16H17NO6S/c1-8(18)24-5-4-13(19)14(20)9-2-3-12-10(6-9)15(21)11(7-17-12)16(22)23/h2-3,6-7,13-14,19-20H,4-5H2,1H3,(H,17,21)(H,22,23). The topological polar surface area (TPSA) is 128 Å². The Labute approximate surface area is 141 Å². The lowest BCUT2D eigenvalue weighted by atomic mass is 10.00. The summed E-state index contributed by atoms with van der Waals surface area (Å²) in [6.45, 7) is 1.42. The summed E-state index contributed by atoms with van der Waals surface area (Å²) in [5.41, 5.74) is -0.321. The molecule has 2 rings (SSSR count). The number of aromatic carboxylic acids is 1. The zero-order valence-electron chi connectivity index (χ0n) is 12.9. The minimum Gasteiger partial charge on any atom is -0.477 e. The van der Waals surface area contributed by atoms with Gasteiger partial charge in [-0.3, -0.25) is 9.59 Å². The Hall–Kier alpha value is -2.16. The van der Waals surface area contributed by atoms with Crippen molar-refractivity contribution in [1.82, 2.24) is 4.98 Å². The summed E-state index contributed by atoms with van der Waals surface area (Å²) in [7, 11) is 0. The second kappa shape index (κ2) is 7.61. The van der Waals surface area contributed by atoms with Crippen LogP contribution in [0.15, 0.2) is 29.2 Å². The summed E-state index contributed by atoms with van der Waals surface area (Å²) in [5, 5.41) is 29.3. The van der Waals surface area contributed by atoms with E-state index in [9.17, 15) is 24.6 Å². The third-order valence-electron chi connectivity index (χ3n) is 3.56. The Bertz CT molecular complexity index is 831. The van der Waals surface area contributed by atoms with Crippen LogP contribution in [-0.4, -0.2) is 43.2 Å². The number of rotatable bonds is 6. The van der Waals surface area contributed by atoms with Gasteiger partial charge in [-0.25, -0.2) is 4.79 Å². The van der Waals surface area contributed by atoms with E-state index in [2.05, 4.69) is 4.98 Å². The van der Waals surface area contributed by atoms with Crippen molar-refractivity contribution in [3.8, 4) is 0 Å². The number of aliphatic hydroxyl groups excluding tert-OH is 2. The van der Waals surface area contributed by atoms with Gasteiger partial charge in [0.05, 0.1) is 6.10 Å². The molecular formula is C16H17NO6S. The summed E-state index contributed by atoms with van der Waals surface area (Å²) < 4.78 is 0. The number of benzene rings is 1. The van der Waals surface area contributed by atoms with E-state index in [-0.39, 0.29) is 16.9 Å². The van der Waals surface area contributed by atoms with Gasteiger partial charge < -0.3 is 20.3 Å². The van der Waals surface area contributed by atoms with E-state index in [4.69, 9.17) is 5.11 Å². The highest BCUT2D eigenvalue weighted by Gasteiger charge is 2.20. The van der Waals surface area contributed by atoms with E-state index in [1.165, 1.54) is 19.1 Å². The largest absolute Gasteiger partial charge is 0.477 e. The minimum atomic E-state index is -1.34. The molecule has 0 aliphatic carbocycles. The van der Waals surface area contributed by atoms with Crippen molar-refractivity contribution < 1.29 is 24.9 Å². The van der Waals surface area contributed by atoms with Gasteiger partial charge in [-0.15, -0.1) is 0 Å². The molecule has 128 valence electrons. The molecule has 0 spiro atoms. The molecule has 2 atom stereocenters. The molecule has 0 saturated heterocycles. The third kappa shape index (κ3) is 4.02. The van der Waals surface area contributed by atoms with Crippen molar-refractivity contribution in [3.63, 3.8) is 0 Å². The number of hydrogen-bond donors (Lipinski definition) is 4. The van der Waals surface area contributed by atoms with Gasteiger partial charge in [0, 0.05) is 29.8 Å². The van der Waals surface area contributed by atoms with Crippen LogP contribution in [0.5, 0.6) is 0 Å². The predicted molar refractivity (Wildman–Crippen MR) is 90.3 cm³/mol. The summed E-state index contributed by atoms with van der Waals surface area (Å²) in [4.78, 5) is 36.8. The fourth-order valence-electron chi connectivity index (χ4n) is 2.28. The Balaban J connectivity index is 2.28. The molecule has 0 radical (unpaired) electrons. The molecule has 1 aromatic carbocycles. The number of hydrogen-bond acceptors (Lipinski definition) is 6. The predicted octanol–water partition coefficient (Wildman–Crippen LogP) is 1.29. The van der Waals surface area contributed by atoms with Crippen LogP contribution in [0, 0.1) is 0 Å². The van der Waals surface area contributed by atoms with Crippen molar-refractivity contribution in [2.75, 3.05) is 5.75 Å². The van der Waals surface area contributed by atoms with E-state index < -0.39 is 29.2 Å². The molecule has 2 unspecified atom stereocenters. The maximum absolute atomic E-state index is 12.2. The number of nitrogens with one attached hydrogen (secondary N) is 1. The number of carbonyl (C=O) groups excluding carboxylic acids is 1. The molecule has 7 nitrogen and oxygen atoms in total. The van der Waals surface area contributed by atoms with Gasteiger partial charge in [0.15, 0.2) is 5.12 Å². The van der Waals surface area contributed by atoms with Crippen molar-refractivity contribution in [1.29, 1.82) is 0 Å². The van der Waals surface area contributed by atoms with Crippen LogP contribution in [0.4, 0.5) is 0 Å². The first-order chi connectivity index (χ1) is 11.3. The summed E-state index contributed by atoms with van der Waals surface area (Å²) in [5.74, 6) is -0.976. The van der Waals surface area contributed by atoms with Gasteiger partial charge >= 0.3 is 5.97 Å². The number of thioether (sulfide) groups is 1. The van der Waals surface area contributed by atoms with E-state index in [1.807, 2.05) is 0 Å². The molecule has 1 heterocycles. The number of aromatic amines is 1. The first-order valence-electron chi connectivity index (χ1n) is 7.19. The maximum Gasteiger partial charge on any atom is 0.341 e. The van der Waals surface area contributed by atoms with Crippen LogP contribution < -0.4 is 5.43 Å². The molecule has 1 aromatic heterocycles. The lowest BCUT2D eigenvalue weighted by Gasteiger charge is -2.18. The number of fused-ring (bicyclic) bond motifs is 1. The molecule has 0 saturated carbocycles. The Kier molecular flexibility index (Phi) is 5.76. The average Bonchev–Trinajstić information content (AvgIpc) is 2.53. The molecule has 2 aromatic rings. The highest BCUT2D eigenvalue weighted by Crippen LogP contribution is 2.23. The number of aliphatic hydroxyl groups is 2. The van der Waals surface area contributed by atoms with Gasteiger partial charge in [-0.1, -0.05) is 17.8 Å². The average molecular weight is 351 g/mol. The molecule has 0 aliphatic heterocycles. The van der Waals surface area contributed by atoms with E-state index in [0.29, 0.717) is 16.8 Å². The Morgan fingerprint density at radius 3 is 2.62 bits per heavy atom. The summed E-state index contributed by atoms with van der Waals surface area (Å²) >= 11 is 1.05. The zero-order valence-corrected chi connectivity index (χ0v) is 13.7. The highest BCUT2D eigenvalue weighted by molar-refractivity contribution is 8.13. The van der Waals surface area contributed by atoms with E-state index in [1.54, 1.807) is 6.07 Å². The number of H-pyrrole nitrogens is 1. The van der Waals surface area contributed by atoms with E-state index in [0.717, 1.165) is 18.0 Å². The van der Waals surface area contributed by atoms with Crippen LogP contribution in [-0.2, 0) is 4.79 Å². The van der Waals surface area contributed by atoms with E-state index >= 15 is 0 Å². The van der Waals surface area contributed by atoms with Crippen LogP contribution in [0.2, 0.25) is 0 Å². The first kappa shape index (κ1) is 18.2. The van der Waals surface area contributed by atoms with Gasteiger partial charge in [0.25, 0.3) is 0 Å². The SMILES string of the molecule is CC(=O)SCCC(O)C(O)c1ccc2[nH]cc(C(=O)O)c(=O)c2c1. The Morgan fingerprint density at radius 1 is 1.29 bits per heavy atom. The third-order valence-corrected chi connectivity index (χ3v) is 4.41. The summed E-state index contributed by atoms with van der Waals surface area (Å²) in [6, 6.07) is 4.45. The van der Waals surface area contributed by atoms with Crippen LogP contribution in [0.25, 0.3) is 10.9 Å². The molecule has 0 aliphatic rings. The number of aromatic nitrogens is 1. The zero-order chi connectivity index (χ0) is 17.9. The number of carboxylic acids is 1. The van der Waals surface area contributed by atoms with Gasteiger partial charge in [0.2, 0.25) is 5.43 Å². The second-order valence-corrected chi connectivity index (χ2v) is 6.55. The van der Waals surface area contributed by atoms with Crippen molar-refractivity contribution >= 4 is 33.7 Å². The van der Waals surface area contributed by atoms with Crippen molar-refractivity contribution in [2.45, 2.75) is 25.6 Å². The van der Waals surface area contributed by atoms with Gasteiger partial charge in [-0.2, -0.15) is 0 Å². The maximum atomic E-state index is 12.2. The number of carbonyl (C=O) groups is 2. The molecule has 0 fully saturated rings.